The molecular formula is C14H18ClN3S. The fourth-order valence-electron chi connectivity index (χ4n) is 1.87. The standard InChI is InChI=1S/C14H18ClN3S/c1-3-16-6-4-5-13-17-18-14(19-13)11-7-10(2)8-12(15)9-11/h7-9,16H,3-6H2,1-2H3. The number of aryl methyl sites for hydroxylation is 2. The maximum atomic E-state index is 6.07. The molecule has 1 aromatic heterocycles. The number of benzene rings is 1. The lowest BCUT2D eigenvalue weighted by Gasteiger charge is -1.99. The van der Waals surface area contributed by atoms with Crippen LogP contribution in [0.15, 0.2) is 18.2 Å². The van der Waals surface area contributed by atoms with E-state index in [4.69, 9.17) is 11.6 Å². The Morgan fingerprint density at radius 1 is 1.26 bits per heavy atom. The summed E-state index contributed by atoms with van der Waals surface area (Å²) in [6, 6.07) is 5.98. The van der Waals surface area contributed by atoms with Crippen LogP contribution < -0.4 is 5.32 Å². The first-order valence-electron chi connectivity index (χ1n) is 6.49. The molecule has 0 amide bonds. The average molecular weight is 296 g/mol. The van der Waals surface area contributed by atoms with Crippen molar-refractivity contribution in [2.75, 3.05) is 13.1 Å². The van der Waals surface area contributed by atoms with Crippen molar-refractivity contribution in [1.82, 2.24) is 15.5 Å². The zero-order valence-corrected chi connectivity index (χ0v) is 12.8. The van der Waals surface area contributed by atoms with E-state index in [-0.39, 0.29) is 0 Å². The Morgan fingerprint density at radius 3 is 2.84 bits per heavy atom. The lowest BCUT2D eigenvalue weighted by molar-refractivity contribution is 0.669. The van der Waals surface area contributed by atoms with Crippen molar-refractivity contribution < 1.29 is 0 Å². The summed E-state index contributed by atoms with van der Waals surface area (Å²) in [7, 11) is 0. The zero-order valence-electron chi connectivity index (χ0n) is 11.2. The number of rotatable bonds is 6. The number of halogens is 1. The van der Waals surface area contributed by atoms with Crippen LogP contribution in [-0.2, 0) is 6.42 Å². The fraction of sp³-hybridized carbons (Fsp3) is 0.429. The van der Waals surface area contributed by atoms with Gasteiger partial charge in [0.05, 0.1) is 0 Å². The quantitative estimate of drug-likeness (QED) is 0.826. The van der Waals surface area contributed by atoms with Gasteiger partial charge in [-0.15, -0.1) is 10.2 Å². The van der Waals surface area contributed by atoms with Gasteiger partial charge in [0.25, 0.3) is 0 Å². The molecule has 1 aromatic carbocycles. The molecule has 5 heteroatoms. The Bertz CT molecular complexity index is 519. The van der Waals surface area contributed by atoms with Crippen molar-refractivity contribution in [3.63, 3.8) is 0 Å². The van der Waals surface area contributed by atoms with E-state index in [1.807, 2.05) is 19.1 Å². The van der Waals surface area contributed by atoms with Crippen molar-refractivity contribution in [2.24, 2.45) is 0 Å². The molecular weight excluding hydrogens is 278 g/mol. The zero-order chi connectivity index (χ0) is 13.7. The topological polar surface area (TPSA) is 37.8 Å². The maximum absolute atomic E-state index is 6.07. The second-order valence-corrected chi connectivity index (χ2v) is 5.97. The summed E-state index contributed by atoms with van der Waals surface area (Å²) >= 11 is 7.73. The molecule has 0 fully saturated rings. The van der Waals surface area contributed by atoms with E-state index in [1.165, 1.54) is 0 Å². The van der Waals surface area contributed by atoms with Gasteiger partial charge >= 0.3 is 0 Å². The summed E-state index contributed by atoms with van der Waals surface area (Å²) in [6.07, 6.45) is 2.07. The second kappa shape index (κ2) is 6.98. The first-order chi connectivity index (χ1) is 9.19. The Kier molecular flexibility index (Phi) is 5.31. The lowest BCUT2D eigenvalue weighted by atomic mass is 10.1. The number of nitrogens with zero attached hydrogens (tertiary/aromatic N) is 2. The van der Waals surface area contributed by atoms with Gasteiger partial charge in [0.2, 0.25) is 0 Å². The van der Waals surface area contributed by atoms with Crippen molar-refractivity contribution in [3.05, 3.63) is 33.8 Å². The molecule has 2 rings (SSSR count). The molecule has 0 bridgehead atoms. The van der Waals surface area contributed by atoms with Crippen molar-refractivity contribution in [3.8, 4) is 10.6 Å². The summed E-state index contributed by atoms with van der Waals surface area (Å²) in [5, 5.41) is 14.6. The van der Waals surface area contributed by atoms with Gasteiger partial charge in [-0.1, -0.05) is 29.9 Å². The Hall–Kier alpha value is -0.970. The first kappa shape index (κ1) is 14.4. The van der Waals surface area contributed by atoms with E-state index in [0.717, 1.165) is 52.1 Å². The highest BCUT2D eigenvalue weighted by Gasteiger charge is 2.07. The summed E-state index contributed by atoms with van der Waals surface area (Å²) in [4.78, 5) is 0. The minimum absolute atomic E-state index is 0.749. The third-order valence-electron chi connectivity index (χ3n) is 2.75. The molecule has 2 aromatic rings. The predicted octanol–water partition coefficient (Wildman–Crippen LogP) is 3.71. The minimum atomic E-state index is 0.749. The van der Waals surface area contributed by atoms with Gasteiger partial charge in [0.15, 0.2) is 0 Å². The van der Waals surface area contributed by atoms with Crippen LogP contribution in [0.5, 0.6) is 0 Å². The van der Waals surface area contributed by atoms with Crippen LogP contribution in [0, 0.1) is 6.92 Å². The Balaban J connectivity index is 2.03. The highest BCUT2D eigenvalue weighted by Crippen LogP contribution is 2.27. The first-order valence-corrected chi connectivity index (χ1v) is 7.69. The van der Waals surface area contributed by atoms with Gasteiger partial charge in [-0.25, -0.2) is 0 Å². The van der Waals surface area contributed by atoms with Crippen LogP contribution in [0.1, 0.15) is 23.9 Å². The van der Waals surface area contributed by atoms with Crippen molar-refractivity contribution >= 4 is 22.9 Å². The largest absolute Gasteiger partial charge is 0.317 e. The van der Waals surface area contributed by atoms with Gasteiger partial charge in [0.1, 0.15) is 10.0 Å². The van der Waals surface area contributed by atoms with Crippen LogP contribution >= 0.6 is 22.9 Å². The molecule has 102 valence electrons. The molecule has 0 saturated heterocycles. The summed E-state index contributed by atoms with van der Waals surface area (Å²) in [5.74, 6) is 0. The molecule has 19 heavy (non-hydrogen) atoms. The van der Waals surface area contributed by atoms with Crippen LogP contribution in [0.25, 0.3) is 10.6 Å². The van der Waals surface area contributed by atoms with E-state index in [1.54, 1.807) is 11.3 Å². The van der Waals surface area contributed by atoms with Crippen LogP contribution in [0.2, 0.25) is 5.02 Å². The van der Waals surface area contributed by atoms with Gasteiger partial charge in [-0.05, 0) is 50.2 Å². The van der Waals surface area contributed by atoms with Gasteiger partial charge < -0.3 is 5.32 Å². The van der Waals surface area contributed by atoms with Crippen molar-refractivity contribution in [2.45, 2.75) is 26.7 Å². The molecule has 0 saturated carbocycles. The SMILES string of the molecule is CCNCCCc1nnc(-c2cc(C)cc(Cl)c2)s1. The van der Waals surface area contributed by atoms with Crippen molar-refractivity contribution in [1.29, 1.82) is 0 Å². The van der Waals surface area contributed by atoms with E-state index in [9.17, 15) is 0 Å². The van der Waals surface area contributed by atoms with Gasteiger partial charge in [0, 0.05) is 17.0 Å². The predicted molar refractivity (Wildman–Crippen MR) is 82.0 cm³/mol. The third kappa shape index (κ3) is 4.27. The molecule has 0 unspecified atom stereocenters. The summed E-state index contributed by atoms with van der Waals surface area (Å²) in [5.41, 5.74) is 2.20. The van der Waals surface area contributed by atoms with E-state index < -0.39 is 0 Å². The number of aromatic nitrogens is 2. The second-order valence-electron chi connectivity index (χ2n) is 4.48. The van der Waals surface area contributed by atoms with Gasteiger partial charge in [-0.3, -0.25) is 0 Å². The highest BCUT2D eigenvalue weighted by atomic mass is 35.5. The van der Waals surface area contributed by atoms with Gasteiger partial charge in [-0.2, -0.15) is 0 Å². The molecule has 0 aliphatic rings. The van der Waals surface area contributed by atoms with E-state index in [0.29, 0.717) is 0 Å². The summed E-state index contributed by atoms with van der Waals surface area (Å²) in [6.45, 7) is 6.20. The molecule has 0 aliphatic carbocycles. The lowest BCUT2D eigenvalue weighted by Crippen LogP contribution is -2.14. The normalized spacial score (nSPS) is 10.9. The molecule has 0 radical (unpaired) electrons. The third-order valence-corrected chi connectivity index (χ3v) is 4.00. The van der Waals surface area contributed by atoms with Crippen LogP contribution in [-0.4, -0.2) is 23.3 Å². The number of nitrogens with one attached hydrogen (secondary N) is 1. The van der Waals surface area contributed by atoms with Crippen LogP contribution in [0.3, 0.4) is 0 Å². The number of hydrogen-bond donors (Lipinski definition) is 1. The molecule has 3 nitrogen and oxygen atoms in total. The molecule has 1 N–H and O–H groups in total. The fourth-order valence-corrected chi connectivity index (χ4v) is 3.03. The van der Waals surface area contributed by atoms with E-state index >= 15 is 0 Å². The average Bonchev–Trinajstić information content (AvgIpc) is 2.82. The number of hydrogen-bond acceptors (Lipinski definition) is 4. The minimum Gasteiger partial charge on any atom is -0.317 e. The van der Waals surface area contributed by atoms with E-state index in [2.05, 4.69) is 28.5 Å². The molecule has 0 spiro atoms. The Labute approximate surface area is 123 Å². The maximum Gasteiger partial charge on any atom is 0.147 e. The monoisotopic (exact) mass is 295 g/mol. The highest BCUT2D eigenvalue weighted by molar-refractivity contribution is 7.14. The molecule has 0 aliphatic heterocycles. The van der Waals surface area contributed by atoms with Crippen LogP contribution in [0.4, 0.5) is 0 Å². The smallest absolute Gasteiger partial charge is 0.147 e. The summed E-state index contributed by atoms with van der Waals surface area (Å²) < 4.78 is 0. The molecule has 1 heterocycles. The Morgan fingerprint density at radius 2 is 2.11 bits per heavy atom. The molecule has 0 atom stereocenters.